The molecule has 1 saturated heterocycles. The molecule has 0 aromatic heterocycles. The number of rotatable bonds is 2. The van der Waals surface area contributed by atoms with Crippen molar-refractivity contribution in [3.05, 3.63) is 0 Å². The third-order valence-corrected chi connectivity index (χ3v) is 2.80. The number of hydrogen-bond acceptors (Lipinski definition) is 2. The minimum Gasteiger partial charge on any atom is -0.359 e. The lowest BCUT2D eigenvalue weighted by molar-refractivity contribution is -0.133. The third-order valence-electron chi connectivity index (χ3n) is 2.80. The van der Waals surface area contributed by atoms with Crippen LogP contribution in [-0.4, -0.2) is 50.0 Å². The lowest BCUT2D eigenvalue weighted by atomic mass is 10.2. The molecule has 1 unspecified atom stereocenters. The molecule has 1 heterocycles. The first-order chi connectivity index (χ1) is 7.58. The van der Waals surface area contributed by atoms with Gasteiger partial charge in [-0.1, -0.05) is 13.8 Å². The van der Waals surface area contributed by atoms with Crippen molar-refractivity contribution < 1.29 is 4.79 Å². The Morgan fingerprint density at radius 2 is 2.19 bits per heavy atom. The van der Waals surface area contributed by atoms with Crippen LogP contribution >= 0.6 is 0 Å². The first-order valence-corrected chi connectivity index (χ1v) is 5.78. The molecule has 1 amide bonds. The summed E-state index contributed by atoms with van der Waals surface area (Å²) in [5, 5.41) is 6.26. The molecule has 5 heteroatoms. The maximum atomic E-state index is 11.8. The van der Waals surface area contributed by atoms with Crippen molar-refractivity contribution in [2.45, 2.75) is 26.3 Å². The number of likely N-dealkylation sites (tertiary alicyclic amines) is 1. The monoisotopic (exact) mass is 226 g/mol. The van der Waals surface area contributed by atoms with Crippen LogP contribution in [0.4, 0.5) is 0 Å². The van der Waals surface area contributed by atoms with Crippen molar-refractivity contribution in [1.82, 2.24) is 15.5 Å². The average Bonchev–Trinajstić information content (AvgIpc) is 2.73. The normalized spacial score (nSPS) is 21.4. The molecule has 5 nitrogen and oxygen atoms in total. The molecule has 92 valence electrons. The van der Waals surface area contributed by atoms with Gasteiger partial charge in [-0.25, -0.2) is 0 Å². The number of amides is 1. The van der Waals surface area contributed by atoms with Crippen molar-refractivity contribution in [1.29, 1.82) is 0 Å². The molecule has 1 rings (SSSR count). The highest BCUT2D eigenvalue weighted by Crippen LogP contribution is 2.12. The second kappa shape index (κ2) is 5.72. The lowest BCUT2D eigenvalue weighted by Gasteiger charge is -2.19. The standard InChI is InChI=1S/C11H22N4O/c1-8(2)10(16)15-6-5-9(7-15)14-11(12-3)13-4/h8-9H,5-7H2,1-4H3,(H2,12,13,14). The quantitative estimate of drug-likeness (QED) is 0.516. The molecule has 1 aliphatic rings. The highest BCUT2D eigenvalue weighted by Gasteiger charge is 2.27. The van der Waals surface area contributed by atoms with Crippen LogP contribution in [0.1, 0.15) is 20.3 Å². The number of aliphatic imine (C=N–C) groups is 1. The van der Waals surface area contributed by atoms with E-state index in [2.05, 4.69) is 15.6 Å². The van der Waals surface area contributed by atoms with Gasteiger partial charge in [-0.15, -0.1) is 0 Å². The SMILES string of the molecule is CN=C(NC)NC1CCN(C(=O)C(C)C)C1. The Balaban J connectivity index is 2.44. The molecule has 0 radical (unpaired) electrons. The molecule has 0 aromatic carbocycles. The van der Waals surface area contributed by atoms with Crippen molar-refractivity contribution >= 4 is 11.9 Å². The van der Waals surface area contributed by atoms with Gasteiger partial charge in [0.25, 0.3) is 0 Å². The van der Waals surface area contributed by atoms with E-state index in [9.17, 15) is 4.79 Å². The highest BCUT2D eigenvalue weighted by molar-refractivity contribution is 5.80. The van der Waals surface area contributed by atoms with Crippen molar-refractivity contribution in [2.75, 3.05) is 27.2 Å². The van der Waals surface area contributed by atoms with Crippen LogP contribution < -0.4 is 10.6 Å². The van der Waals surface area contributed by atoms with Crippen LogP contribution in [0.2, 0.25) is 0 Å². The Hall–Kier alpha value is -1.26. The molecule has 0 saturated carbocycles. The zero-order valence-electron chi connectivity index (χ0n) is 10.6. The molecule has 16 heavy (non-hydrogen) atoms. The van der Waals surface area contributed by atoms with Gasteiger partial charge in [0.05, 0.1) is 0 Å². The Bertz CT molecular complexity index is 275. The van der Waals surface area contributed by atoms with Crippen LogP contribution in [0.15, 0.2) is 4.99 Å². The molecule has 0 bridgehead atoms. The predicted molar refractivity (Wildman–Crippen MR) is 65.4 cm³/mol. The number of hydrogen-bond donors (Lipinski definition) is 2. The molecule has 0 spiro atoms. The van der Waals surface area contributed by atoms with Crippen LogP contribution in [0, 0.1) is 5.92 Å². The second-order valence-electron chi connectivity index (χ2n) is 4.39. The first kappa shape index (κ1) is 12.8. The topological polar surface area (TPSA) is 56.7 Å². The Kier molecular flexibility index (Phi) is 4.58. The number of nitrogens with one attached hydrogen (secondary N) is 2. The molecule has 1 aliphatic heterocycles. The fourth-order valence-electron chi connectivity index (χ4n) is 1.89. The maximum absolute atomic E-state index is 11.8. The highest BCUT2D eigenvalue weighted by atomic mass is 16.2. The number of nitrogens with zero attached hydrogens (tertiary/aromatic N) is 2. The summed E-state index contributed by atoms with van der Waals surface area (Å²) in [5.74, 6) is 1.11. The van der Waals surface area contributed by atoms with Crippen molar-refractivity contribution in [3.63, 3.8) is 0 Å². The third kappa shape index (κ3) is 3.12. The second-order valence-corrected chi connectivity index (χ2v) is 4.39. The maximum Gasteiger partial charge on any atom is 0.225 e. The summed E-state index contributed by atoms with van der Waals surface area (Å²) in [4.78, 5) is 17.8. The van der Waals surface area contributed by atoms with Crippen molar-refractivity contribution in [2.24, 2.45) is 10.9 Å². The summed E-state index contributed by atoms with van der Waals surface area (Å²) >= 11 is 0. The minimum absolute atomic E-state index is 0.0855. The lowest BCUT2D eigenvalue weighted by Crippen LogP contribution is -2.44. The molecule has 0 aliphatic carbocycles. The van der Waals surface area contributed by atoms with E-state index >= 15 is 0 Å². The van der Waals surface area contributed by atoms with Crippen LogP contribution in [0.5, 0.6) is 0 Å². The van der Waals surface area contributed by atoms with E-state index in [0.717, 1.165) is 25.5 Å². The van der Waals surface area contributed by atoms with Gasteiger partial charge in [0.15, 0.2) is 5.96 Å². The summed E-state index contributed by atoms with van der Waals surface area (Å²) in [6, 6.07) is 0.314. The van der Waals surface area contributed by atoms with E-state index in [1.807, 2.05) is 25.8 Å². The Morgan fingerprint density at radius 1 is 1.50 bits per heavy atom. The fourth-order valence-corrected chi connectivity index (χ4v) is 1.89. The van der Waals surface area contributed by atoms with Gasteiger partial charge in [-0.05, 0) is 6.42 Å². The van der Waals surface area contributed by atoms with E-state index in [1.54, 1.807) is 7.05 Å². The smallest absolute Gasteiger partial charge is 0.225 e. The van der Waals surface area contributed by atoms with E-state index in [1.165, 1.54) is 0 Å². The van der Waals surface area contributed by atoms with Gasteiger partial charge in [0.1, 0.15) is 0 Å². The summed E-state index contributed by atoms with van der Waals surface area (Å²) in [5.41, 5.74) is 0. The zero-order chi connectivity index (χ0) is 12.1. The number of carbonyl (C=O) groups excluding carboxylic acids is 1. The molecular weight excluding hydrogens is 204 g/mol. The van der Waals surface area contributed by atoms with E-state index < -0.39 is 0 Å². The van der Waals surface area contributed by atoms with Gasteiger partial charge in [0, 0.05) is 39.1 Å². The van der Waals surface area contributed by atoms with Gasteiger partial charge in [0.2, 0.25) is 5.91 Å². The average molecular weight is 226 g/mol. The fraction of sp³-hybridized carbons (Fsp3) is 0.818. The van der Waals surface area contributed by atoms with Gasteiger partial charge < -0.3 is 15.5 Å². The summed E-state index contributed by atoms with van der Waals surface area (Å²) in [6.45, 7) is 5.50. The number of carbonyl (C=O) groups is 1. The Labute approximate surface area is 97.3 Å². The van der Waals surface area contributed by atoms with Crippen LogP contribution in [-0.2, 0) is 4.79 Å². The Morgan fingerprint density at radius 3 is 2.69 bits per heavy atom. The van der Waals surface area contributed by atoms with E-state index in [0.29, 0.717) is 6.04 Å². The zero-order valence-corrected chi connectivity index (χ0v) is 10.6. The van der Waals surface area contributed by atoms with E-state index in [-0.39, 0.29) is 11.8 Å². The van der Waals surface area contributed by atoms with Crippen LogP contribution in [0.25, 0.3) is 0 Å². The largest absolute Gasteiger partial charge is 0.359 e. The molecule has 2 N–H and O–H groups in total. The summed E-state index contributed by atoms with van der Waals surface area (Å²) in [7, 11) is 3.58. The van der Waals surface area contributed by atoms with Gasteiger partial charge >= 0.3 is 0 Å². The molecule has 1 atom stereocenters. The van der Waals surface area contributed by atoms with Crippen molar-refractivity contribution in [3.8, 4) is 0 Å². The minimum atomic E-state index is 0.0855. The van der Waals surface area contributed by atoms with E-state index in [4.69, 9.17) is 0 Å². The van der Waals surface area contributed by atoms with Crippen LogP contribution in [0.3, 0.4) is 0 Å². The number of guanidine groups is 1. The first-order valence-electron chi connectivity index (χ1n) is 5.78. The van der Waals surface area contributed by atoms with Gasteiger partial charge in [-0.2, -0.15) is 0 Å². The van der Waals surface area contributed by atoms with Gasteiger partial charge in [-0.3, -0.25) is 9.79 Å². The summed E-state index contributed by atoms with van der Waals surface area (Å²) in [6.07, 6.45) is 0.985. The summed E-state index contributed by atoms with van der Waals surface area (Å²) < 4.78 is 0. The molecular formula is C11H22N4O. The predicted octanol–water partition coefficient (Wildman–Crippen LogP) is 0.0381. The molecule has 1 fully saturated rings. The molecule has 0 aromatic rings.